The summed E-state index contributed by atoms with van der Waals surface area (Å²) >= 11 is 0. The van der Waals surface area contributed by atoms with Gasteiger partial charge in [0.05, 0.1) is 12.1 Å². The maximum atomic E-state index is 12.6. The van der Waals surface area contributed by atoms with Crippen molar-refractivity contribution >= 4 is 5.91 Å². The fourth-order valence-electron chi connectivity index (χ4n) is 2.83. The lowest BCUT2D eigenvalue weighted by Crippen LogP contribution is -2.44. The standard InChI is InChI=1S/C17H19N5O2/c1-3-15-19-20-16-11-21(8-9-22(15)16)17(23)12(2)24-14-7-5-4-6-13(14)10-18/h4-7,12H,3,8-9,11H2,1-2H3. The molecule has 2 aromatic rings. The molecule has 0 aliphatic carbocycles. The van der Waals surface area contributed by atoms with Crippen molar-refractivity contribution in [1.29, 1.82) is 5.26 Å². The summed E-state index contributed by atoms with van der Waals surface area (Å²) in [4.78, 5) is 14.4. The normalized spacial score (nSPS) is 14.6. The molecule has 1 atom stereocenters. The summed E-state index contributed by atoms with van der Waals surface area (Å²) in [7, 11) is 0. The Balaban J connectivity index is 1.69. The van der Waals surface area contributed by atoms with Gasteiger partial charge < -0.3 is 14.2 Å². The third-order valence-electron chi connectivity index (χ3n) is 4.12. The average molecular weight is 325 g/mol. The summed E-state index contributed by atoms with van der Waals surface area (Å²) in [5.41, 5.74) is 0.420. The van der Waals surface area contributed by atoms with Crippen LogP contribution >= 0.6 is 0 Å². The summed E-state index contributed by atoms with van der Waals surface area (Å²) in [6.07, 6.45) is 0.158. The summed E-state index contributed by atoms with van der Waals surface area (Å²) in [5, 5.41) is 17.4. The van der Waals surface area contributed by atoms with E-state index >= 15 is 0 Å². The van der Waals surface area contributed by atoms with Gasteiger partial charge in [0.25, 0.3) is 5.91 Å². The molecule has 1 amide bonds. The van der Waals surface area contributed by atoms with Gasteiger partial charge in [-0.1, -0.05) is 19.1 Å². The van der Waals surface area contributed by atoms with Crippen LogP contribution in [0, 0.1) is 11.3 Å². The number of aryl methyl sites for hydroxylation is 1. The van der Waals surface area contributed by atoms with Crippen molar-refractivity contribution in [1.82, 2.24) is 19.7 Å². The number of aromatic nitrogens is 3. The van der Waals surface area contributed by atoms with Gasteiger partial charge in [-0.25, -0.2) is 0 Å². The topological polar surface area (TPSA) is 84.0 Å². The first-order valence-corrected chi connectivity index (χ1v) is 7.99. The molecule has 124 valence electrons. The second kappa shape index (κ2) is 6.71. The van der Waals surface area contributed by atoms with E-state index in [1.165, 1.54) is 0 Å². The Hall–Kier alpha value is -2.88. The zero-order valence-electron chi connectivity index (χ0n) is 13.8. The SMILES string of the molecule is CCc1nnc2n1CCN(C(=O)C(C)Oc1ccccc1C#N)C2. The van der Waals surface area contributed by atoms with E-state index in [4.69, 9.17) is 10.00 Å². The maximum absolute atomic E-state index is 12.6. The minimum Gasteiger partial charge on any atom is -0.480 e. The molecule has 1 unspecified atom stereocenters. The number of rotatable bonds is 4. The number of benzene rings is 1. The Morgan fingerprint density at radius 3 is 2.92 bits per heavy atom. The van der Waals surface area contributed by atoms with Gasteiger partial charge in [0.2, 0.25) is 0 Å². The molecule has 0 saturated carbocycles. The molecule has 1 aliphatic rings. The molecule has 3 rings (SSSR count). The van der Waals surface area contributed by atoms with E-state index in [1.54, 1.807) is 36.1 Å². The maximum Gasteiger partial charge on any atom is 0.263 e. The number of hydrogen-bond acceptors (Lipinski definition) is 5. The van der Waals surface area contributed by atoms with Gasteiger partial charge in [0, 0.05) is 19.5 Å². The second-order valence-corrected chi connectivity index (χ2v) is 5.67. The van der Waals surface area contributed by atoms with Crippen molar-refractivity contribution in [2.75, 3.05) is 6.54 Å². The second-order valence-electron chi connectivity index (χ2n) is 5.67. The number of ether oxygens (including phenoxy) is 1. The zero-order chi connectivity index (χ0) is 17.1. The van der Waals surface area contributed by atoms with Crippen LogP contribution in [0.4, 0.5) is 0 Å². The minimum atomic E-state index is -0.667. The lowest BCUT2D eigenvalue weighted by atomic mass is 10.2. The fraction of sp³-hybridized carbons (Fsp3) is 0.412. The minimum absolute atomic E-state index is 0.116. The predicted octanol–water partition coefficient (Wildman–Crippen LogP) is 1.52. The highest BCUT2D eigenvalue weighted by Gasteiger charge is 2.28. The van der Waals surface area contributed by atoms with Crippen molar-refractivity contribution in [3.8, 4) is 11.8 Å². The van der Waals surface area contributed by atoms with E-state index in [-0.39, 0.29) is 5.91 Å². The number of amides is 1. The molecule has 1 aliphatic heterocycles. The lowest BCUT2D eigenvalue weighted by Gasteiger charge is -2.30. The van der Waals surface area contributed by atoms with E-state index in [9.17, 15) is 4.79 Å². The summed E-state index contributed by atoms with van der Waals surface area (Å²) < 4.78 is 7.78. The molecule has 0 spiro atoms. The van der Waals surface area contributed by atoms with Crippen LogP contribution in [0.1, 0.15) is 31.1 Å². The van der Waals surface area contributed by atoms with E-state index in [1.807, 2.05) is 6.92 Å². The van der Waals surface area contributed by atoms with E-state index in [0.717, 1.165) is 18.1 Å². The molecular weight excluding hydrogens is 306 g/mol. The first kappa shape index (κ1) is 16.0. The summed E-state index contributed by atoms with van der Waals surface area (Å²) in [6.45, 7) is 5.47. The zero-order valence-corrected chi connectivity index (χ0v) is 13.8. The molecule has 0 fully saturated rings. The van der Waals surface area contributed by atoms with Gasteiger partial charge in [-0.2, -0.15) is 5.26 Å². The van der Waals surface area contributed by atoms with Crippen LogP contribution in [-0.2, 0) is 24.3 Å². The van der Waals surface area contributed by atoms with Gasteiger partial charge in [0.15, 0.2) is 11.9 Å². The first-order valence-electron chi connectivity index (χ1n) is 7.99. The summed E-state index contributed by atoms with van der Waals surface area (Å²) in [5.74, 6) is 2.06. The Kier molecular flexibility index (Phi) is 4.47. The Morgan fingerprint density at radius 1 is 1.38 bits per heavy atom. The quantitative estimate of drug-likeness (QED) is 0.851. The van der Waals surface area contributed by atoms with Crippen molar-refractivity contribution in [3.63, 3.8) is 0 Å². The van der Waals surface area contributed by atoms with E-state index in [0.29, 0.717) is 30.9 Å². The molecule has 7 heteroatoms. The van der Waals surface area contributed by atoms with Crippen LogP contribution in [0.3, 0.4) is 0 Å². The smallest absolute Gasteiger partial charge is 0.263 e. The number of para-hydroxylation sites is 1. The third kappa shape index (κ3) is 2.95. The van der Waals surface area contributed by atoms with Crippen molar-refractivity contribution < 1.29 is 9.53 Å². The molecule has 1 aromatic carbocycles. The molecule has 0 bridgehead atoms. The van der Waals surface area contributed by atoms with Gasteiger partial charge in [-0.15, -0.1) is 10.2 Å². The Morgan fingerprint density at radius 2 is 2.17 bits per heavy atom. The molecular formula is C17H19N5O2. The monoisotopic (exact) mass is 325 g/mol. The Labute approximate surface area is 140 Å². The molecule has 0 saturated heterocycles. The molecule has 0 radical (unpaired) electrons. The highest BCUT2D eigenvalue weighted by atomic mass is 16.5. The number of nitriles is 1. The highest BCUT2D eigenvalue weighted by molar-refractivity contribution is 5.81. The average Bonchev–Trinajstić information content (AvgIpc) is 3.03. The third-order valence-corrected chi connectivity index (χ3v) is 4.12. The van der Waals surface area contributed by atoms with Gasteiger partial charge >= 0.3 is 0 Å². The van der Waals surface area contributed by atoms with Crippen molar-refractivity contribution in [3.05, 3.63) is 41.5 Å². The molecule has 2 heterocycles. The molecule has 7 nitrogen and oxygen atoms in total. The molecule has 24 heavy (non-hydrogen) atoms. The highest BCUT2D eigenvalue weighted by Crippen LogP contribution is 2.20. The van der Waals surface area contributed by atoms with E-state index in [2.05, 4.69) is 20.8 Å². The number of fused-ring (bicyclic) bond motifs is 1. The van der Waals surface area contributed by atoms with Crippen LogP contribution in [0.15, 0.2) is 24.3 Å². The van der Waals surface area contributed by atoms with Gasteiger partial charge in [-0.05, 0) is 19.1 Å². The van der Waals surface area contributed by atoms with E-state index < -0.39 is 6.10 Å². The van der Waals surface area contributed by atoms with Crippen molar-refractivity contribution in [2.24, 2.45) is 0 Å². The summed E-state index contributed by atoms with van der Waals surface area (Å²) in [6, 6.07) is 8.98. The van der Waals surface area contributed by atoms with Crippen LogP contribution in [0.5, 0.6) is 5.75 Å². The van der Waals surface area contributed by atoms with Gasteiger partial charge in [0.1, 0.15) is 17.6 Å². The van der Waals surface area contributed by atoms with Crippen LogP contribution < -0.4 is 4.74 Å². The molecule has 0 N–H and O–H groups in total. The number of carbonyl (C=O) groups excluding carboxylic acids is 1. The first-order chi connectivity index (χ1) is 11.6. The largest absolute Gasteiger partial charge is 0.480 e. The predicted molar refractivity (Wildman–Crippen MR) is 86.1 cm³/mol. The van der Waals surface area contributed by atoms with Crippen LogP contribution in [-0.4, -0.2) is 38.2 Å². The fourth-order valence-corrected chi connectivity index (χ4v) is 2.83. The molecule has 1 aromatic heterocycles. The van der Waals surface area contributed by atoms with Crippen LogP contribution in [0.2, 0.25) is 0 Å². The Bertz CT molecular complexity index is 793. The van der Waals surface area contributed by atoms with Crippen LogP contribution in [0.25, 0.3) is 0 Å². The van der Waals surface area contributed by atoms with Gasteiger partial charge in [-0.3, -0.25) is 4.79 Å². The number of carbonyl (C=O) groups is 1. The number of nitrogens with zero attached hydrogens (tertiary/aromatic N) is 5. The lowest BCUT2D eigenvalue weighted by molar-refractivity contribution is -0.139. The number of hydrogen-bond donors (Lipinski definition) is 0. The van der Waals surface area contributed by atoms with Crippen molar-refractivity contribution in [2.45, 2.75) is 39.5 Å².